The molecule has 19 heavy (non-hydrogen) atoms. The second-order valence-corrected chi connectivity index (χ2v) is 6.27. The lowest BCUT2D eigenvalue weighted by molar-refractivity contribution is -0.115. The van der Waals surface area contributed by atoms with E-state index < -0.39 is 0 Å². The SMILES string of the molecule is Cc1cccc(NC(=O)CCSc2nnc(N)s2)c1. The molecule has 0 unspecified atom stereocenters. The number of nitrogens with two attached hydrogens (primary N) is 1. The maximum Gasteiger partial charge on any atom is 0.225 e. The maximum absolute atomic E-state index is 11.7. The molecule has 0 atom stereocenters. The van der Waals surface area contributed by atoms with Gasteiger partial charge >= 0.3 is 0 Å². The number of nitrogen functional groups attached to an aromatic ring is 1. The Morgan fingerprint density at radius 3 is 3.00 bits per heavy atom. The molecule has 0 saturated carbocycles. The summed E-state index contributed by atoms with van der Waals surface area (Å²) in [7, 11) is 0. The summed E-state index contributed by atoms with van der Waals surface area (Å²) in [5, 5.41) is 10.9. The third-order valence-corrected chi connectivity index (χ3v) is 4.17. The Morgan fingerprint density at radius 1 is 1.47 bits per heavy atom. The molecule has 0 spiro atoms. The van der Waals surface area contributed by atoms with Crippen molar-refractivity contribution in [3.63, 3.8) is 0 Å². The standard InChI is InChI=1S/C12H14N4OS2/c1-8-3-2-4-9(7-8)14-10(17)5-6-18-12-16-15-11(13)19-12/h2-4,7H,5-6H2,1H3,(H2,13,15)(H,14,17). The van der Waals surface area contributed by atoms with Gasteiger partial charge in [-0.2, -0.15) is 0 Å². The molecule has 100 valence electrons. The summed E-state index contributed by atoms with van der Waals surface area (Å²) in [6.07, 6.45) is 0.429. The number of anilines is 2. The fourth-order valence-corrected chi connectivity index (χ4v) is 3.10. The van der Waals surface area contributed by atoms with Crippen molar-refractivity contribution in [2.75, 3.05) is 16.8 Å². The van der Waals surface area contributed by atoms with Crippen molar-refractivity contribution in [2.45, 2.75) is 17.7 Å². The molecule has 0 saturated heterocycles. The summed E-state index contributed by atoms with van der Waals surface area (Å²) in [6, 6.07) is 7.73. The molecule has 0 aliphatic rings. The lowest BCUT2D eigenvalue weighted by atomic mass is 10.2. The Morgan fingerprint density at radius 2 is 2.32 bits per heavy atom. The number of thioether (sulfide) groups is 1. The largest absolute Gasteiger partial charge is 0.374 e. The molecule has 7 heteroatoms. The van der Waals surface area contributed by atoms with E-state index in [9.17, 15) is 4.79 Å². The highest BCUT2D eigenvalue weighted by molar-refractivity contribution is 8.01. The number of aromatic nitrogens is 2. The lowest BCUT2D eigenvalue weighted by Crippen LogP contribution is -2.12. The Balaban J connectivity index is 1.76. The summed E-state index contributed by atoms with van der Waals surface area (Å²) in [4.78, 5) is 11.7. The van der Waals surface area contributed by atoms with Crippen LogP contribution in [0.15, 0.2) is 28.6 Å². The van der Waals surface area contributed by atoms with Crippen molar-refractivity contribution in [2.24, 2.45) is 0 Å². The van der Waals surface area contributed by atoms with E-state index in [1.807, 2.05) is 31.2 Å². The van der Waals surface area contributed by atoms with Gasteiger partial charge in [0.15, 0.2) is 4.34 Å². The van der Waals surface area contributed by atoms with Crippen LogP contribution >= 0.6 is 23.1 Å². The smallest absolute Gasteiger partial charge is 0.225 e. The van der Waals surface area contributed by atoms with Gasteiger partial charge in [-0.15, -0.1) is 10.2 Å². The molecular weight excluding hydrogens is 280 g/mol. The van der Waals surface area contributed by atoms with E-state index in [4.69, 9.17) is 5.73 Å². The van der Waals surface area contributed by atoms with Crippen LogP contribution in [0.3, 0.4) is 0 Å². The number of nitrogens with zero attached hydrogens (tertiary/aromatic N) is 2. The van der Waals surface area contributed by atoms with Gasteiger partial charge in [-0.05, 0) is 24.6 Å². The number of carbonyl (C=O) groups is 1. The number of rotatable bonds is 5. The van der Waals surface area contributed by atoms with Crippen LogP contribution < -0.4 is 11.1 Å². The maximum atomic E-state index is 11.7. The topological polar surface area (TPSA) is 80.9 Å². The average Bonchev–Trinajstić information content (AvgIpc) is 2.75. The molecule has 1 heterocycles. The number of aryl methyl sites for hydroxylation is 1. The molecule has 1 amide bonds. The monoisotopic (exact) mass is 294 g/mol. The normalized spacial score (nSPS) is 10.4. The quantitative estimate of drug-likeness (QED) is 0.828. The van der Waals surface area contributed by atoms with E-state index in [-0.39, 0.29) is 5.91 Å². The summed E-state index contributed by atoms with van der Waals surface area (Å²) in [5.74, 6) is 0.655. The summed E-state index contributed by atoms with van der Waals surface area (Å²) < 4.78 is 0.792. The van der Waals surface area contributed by atoms with Crippen LogP contribution in [0.4, 0.5) is 10.8 Å². The molecule has 2 rings (SSSR count). The molecule has 0 aliphatic carbocycles. The van der Waals surface area contributed by atoms with Crippen LogP contribution in [0, 0.1) is 6.92 Å². The molecule has 2 aromatic rings. The highest BCUT2D eigenvalue weighted by atomic mass is 32.2. The minimum Gasteiger partial charge on any atom is -0.374 e. The van der Waals surface area contributed by atoms with E-state index >= 15 is 0 Å². The van der Waals surface area contributed by atoms with Gasteiger partial charge in [0.05, 0.1) is 0 Å². The Bertz CT molecular complexity index is 570. The van der Waals surface area contributed by atoms with E-state index in [0.29, 0.717) is 17.3 Å². The van der Waals surface area contributed by atoms with Crippen molar-refractivity contribution in [1.29, 1.82) is 0 Å². The van der Waals surface area contributed by atoms with Crippen molar-refractivity contribution in [3.8, 4) is 0 Å². The van der Waals surface area contributed by atoms with Gasteiger partial charge in [-0.1, -0.05) is 35.2 Å². The van der Waals surface area contributed by atoms with Gasteiger partial charge in [0, 0.05) is 17.9 Å². The third-order valence-electron chi connectivity index (χ3n) is 2.28. The number of amides is 1. The van der Waals surface area contributed by atoms with Gasteiger partial charge in [0.25, 0.3) is 0 Å². The van der Waals surface area contributed by atoms with Gasteiger partial charge in [-0.25, -0.2) is 0 Å². The highest BCUT2D eigenvalue weighted by Crippen LogP contribution is 2.24. The Kier molecular flexibility index (Phi) is 4.75. The van der Waals surface area contributed by atoms with E-state index in [1.165, 1.54) is 23.1 Å². The molecule has 5 nitrogen and oxygen atoms in total. The fraction of sp³-hybridized carbons (Fsp3) is 0.250. The van der Waals surface area contributed by atoms with Crippen LogP contribution in [-0.2, 0) is 4.79 Å². The first-order valence-electron chi connectivity index (χ1n) is 5.72. The zero-order valence-electron chi connectivity index (χ0n) is 10.4. The van der Waals surface area contributed by atoms with Crippen LogP contribution in [0.1, 0.15) is 12.0 Å². The van der Waals surface area contributed by atoms with Gasteiger partial charge in [0.1, 0.15) is 0 Å². The predicted octanol–water partition coefficient (Wildman–Crippen LogP) is 2.55. The zero-order valence-corrected chi connectivity index (χ0v) is 12.1. The molecule has 0 aliphatic heterocycles. The second kappa shape index (κ2) is 6.53. The average molecular weight is 294 g/mol. The van der Waals surface area contributed by atoms with Crippen LogP contribution in [0.2, 0.25) is 0 Å². The van der Waals surface area contributed by atoms with Crippen molar-refractivity contribution >= 4 is 39.8 Å². The Labute approximate surface area is 119 Å². The summed E-state index contributed by atoms with van der Waals surface area (Å²) >= 11 is 2.82. The zero-order chi connectivity index (χ0) is 13.7. The number of hydrogen-bond donors (Lipinski definition) is 2. The first-order valence-corrected chi connectivity index (χ1v) is 7.52. The molecule has 0 bridgehead atoms. The number of hydrogen-bond acceptors (Lipinski definition) is 6. The van der Waals surface area contributed by atoms with Crippen LogP contribution in [-0.4, -0.2) is 21.9 Å². The van der Waals surface area contributed by atoms with E-state index in [2.05, 4.69) is 15.5 Å². The van der Waals surface area contributed by atoms with E-state index in [1.54, 1.807) is 0 Å². The number of benzene rings is 1. The van der Waals surface area contributed by atoms with Crippen molar-refractivity contribution in [1.82, 2.24) is 10.2 Å². The molecule has 0 radical (unpaired) electrons. The number of carbonyl (C=O) groups excluding carboxylic acids is 1. The van der Waals surface area contributed by atoms with Crippen LogP contribution in [0.5, 0.6) is 0 Å². The van der Waals surface area contributed by atoms with Crippen molar-refractivity contribution < 1.29 is 4.79 Å². The third kappa shape index (κ3) is 4.53. The van der Waals surface area contributed by atoms with Gasteiger partial charge in [-0.3, -0.25) is 4.79 Å². The second-order valence-electron chi connectivity index (χ2n) is 3.92. The minimum absolute atomic E-state index is 0.00409. The summed E-state index contributed by atoms with van der Waals surface area (Å²) in [5.41, 5.74) is 7.43. The molecule has 1 aromatic carbocycles. The summed E-state index contributed by atoms with van der Waals surface area (Å²) in [6.45, 7) is 1.99. The van der Waals surface area contributed by atoms with Gasteiger partial charge in [0.2, 0.25) is 11.0 Å². The van der Waals surface area contributed by atoms with Gasteiger partial charge < -0.3 is 11.1 Å². The highest BCUT2D eigenvalue weighted by Gasteiger charge is 2.05. The molecule has 1 aromatic heterocycles. The fourth-order valence-electron chi connectivity index (χ4n) is 1.46. The minimum atomic E-state index is -0.00409. The number of nitrogens with one attached hydrogen (secondary N) is 1. The van der Waals surface area contributed by atoms with E-state index in [0.717, 1.165) is 15.6 Å². The predicted molar refractivity (Wildman–Crippen MR) is 79.5 cm³/mol. The molecular formula is C12H14N4OS2. The Hall–Kier alpha value is -1.60. The molecule has 0 fully saturated rings. The first-order chi connectivity index (χ1) is 9.13. The molecule has 3 N–H and O–H groups in total. The van der Waals surface area contributed by atoms with Crippen molar-refractivity contribution in [3.05, 3.63) is 29.8 Å². The van der Waals surface area contributed by atoms with Crippen LogP contribution in [0.25, 0.3) is 0 Å². The lowest BCUT2D eigenvalue weighted by Gasteiger charge is -2.05. The first kappa shape index (κ1) is 13.8.